The predicted molar refractivity (Wildman–Crippen MR) is 102 cm³/mol. The molecular formula is C17H22IN3O5. The van der Waals surface area contributed by atoms with Gasteiger partial charge in [0.05, 0.1) is 0 Å². The summed E-state index contributed by atoms with van der Waals surface area (Å²) in [6.07, 6.45) is 1.99. The maximum Gasteiger partial charge on any atom is 0.276 e. The molecule has 0 aliphatic carbocycles. The van der Waals surface area contributed by atoms with Gasteiger partial charge < -0.3 is 15.0 Å². The number of carbonyl (C=O) groups excluding carboxylic acids is 3. The van der Waals surface area contributed by atoms with E-state index >= 15 is 0 Å². The zero-order valence-corrected chi connectivity index (χ0v) is 16.8. The average molecular weight is 475 g/mol. The molecule has 0 bridgehead atoms. The summed E-state index contributed by atoms with van der Waals surface area (Å²) >= 11 is 2.13. The van der Waals surface area contributed by atoms with E-state index in [0.29, 0.717) is 18.6 Å². The van der Waals surface area contributed by atoms with Crippen LogP contribution in [0, 0.1) is 3.57 Å². The molecule has 8 nitrogen and oxygen atoms in total. The van der Waals surface area contributed by atoms with Gasteiger partial charge in [-0.15, -0.1) is 0 Å². The molecule has 1 fully saturated rings. The molecule has 0 spiro atoms. The minimum Gasteiger partial charge on any atom is -0.357 e. The predicted octanol–water partition coefficient (Wildman–Crippen LogP) is 1.05. The molecule has 1 saturated heterocycles. The maximum atomic E-state index is 12.6. The number of hydrogen-bond donors (Lipinski definition) is 2. The van der Waals surface area contributed by atoms with Crippen LogP contribution in [0.1, 0.15) is 29.6 Å². The molecule has 26 heavy (non-hydrogen) atoms. The van der Waals surface area contributed by atoms with E-state index in [1.54, 1.807) is 24.3 Å². The monoisotopic (exact) mass is 475 g/mol. The molecule has 2 unspecified atom stereocenters. The first-order chi connectivity index (χ1) is 12.4. The van der Waals surface area contributed by atoms with E-state index in [4.69, 9.17) is 9.57 Å². The summed E-state index contributed by atoms with van der Waals surface area (Å²) in [5.41, 5.74) is 2.62. The lowest BCUT2D eigenvalue weighted by atomic mass is 10.1. The first-order valence-electron chi connectivity index (χ1n) is 8.25. The van der Waals surface area contributed by atoms with Crippen molar-refractivity contribution >= 4 is 40.3 Å². The van der Waals surface area contributed by atoms with E-state index in [2.05, 4.69) is 33.4 Å². The van der Waals surface area contributed by atoms with Gasteiger partial charge in [-0.2, -0.15) is 0 Å². The fraction of sp³-hybridized carbons (Fsp3) is 0.471. The number of amides is 3. The minimum absolute atomic E-state index is 0.381. The molecular weight excluding hydrogens is 453 g/mol. The molecule has 1 aliphatic rings. The van der Waals surface area contributed by atoms with Crippen LogP contribution in [0.3, 0.4) is 0 Å². The van der Waals surface area contributed by atoms with Crippen molar-refractivity contribution in [2.45, 2.75) is 31.6 Å². The van der Waals surface area contributed by atoms with Gasteiger partial charge in [0.15, 0.2) is 12.3 Å². The average Bonchev–Trinajstić information content (AvgIpc) is 2.67. The van der Waals surface area contributed by atoms with E-state index in [1.807, 2.05) is 0 Å². The maximum absolute atomic E-state index is 12.6. The number of hydrogen-bond acceptors (Lipinski definition) is 5. The van der Waals surface area contributed by atoms with Crippen LogP contribution in [0.2, 0.25) is 0 Å². The topological polar surface area (TPSA) is 97.0 Å². The number of rotatable bonds is 6. The molecule has 9 heteroatoms. The fourth-order valence-electron chi connectivity index (χ4n) is 2.50. The van der Waals surface area contributed by atoms with Crippen molar-refractivity contribution < 1.29 is 24.0 Å². The van der Waals surface area contributed by atoms with E-state index in [1.165, 1.54) is 14.1 Å². The van der Waals surface area contributed by atoms with Crippen LogP contribution in [-0.2, 0) is 19.2 Å². The van der Waals surface area contributed by atoms with Gasteiger partial charge in [-0.25, -0.2) is 10.3 Å². The molecule has 142 valence electrons. The van der Waals surface area contributed by atoms with Gasteiger partial charge in [0.2, 0.25) is 0 Å². The van der Waals surface area contributed by atoms with Crippen molar-refractivity contribution in [1.29, 1.82) is 0 Å². The summed E-state index contributed by atoms with van der Waals surface area (Å²) in [6.45, 7) is 0.560. The zero-order valence-electron chi connectivity index (χ0n) is 14.7. The lowest BCUT2D eigenvalue weighted by Gasteiger charge is -2.27. The van der Waals surface area contributed by atoms with E-state index < -0.39 is 30.1 Å². The largest absolute Gasteiger partial charge is 0.357 e. The number of benzene rings is 1. The SMILES string of the molecule is CNC(=O)C(C(=O)NOC1CCCCO1)N(C)C(=O)c1ccc(I)cc1. The van der Waals surface area contributed by atoms with Gasteiger partial charge in [-0.1, -0.05) is 0 Å². The molecule has 2 rings (SSSR count). The van der Waals surface area contributed by atoms with Gasteiger partial charge in [0.25, 0.3) is 17.7 Å². The number of ether oxygens (including phenoxy) is 1. The van der Waals surface area contributed by atoms with Crippen LogP contribution in [0.4, 0.5) is 0 Å². The highest BCUT2D eigenvalue weighted by Gasteiger charge is 2.34. The van der Waals surface area contributed by atoms with Gasteiger partial charge >= 0.3 is 0 Å². The Bertz CT molecular complexity index is 646. The van der Waals surface area contributed by atoms with Gasteiger partial charge in [0, 0.05) is 36.3 Å². The summed E-state index contributed by atoms with van der Waals surface area (Å²) in [5.74, 6) is -1.80. The van der Waals surface area contributed by atoms with Crippen LogP contribution in [0.25, 0.3) is 0 Å². The Morgan fingerprint density at radius 3 is 2.50 bits per heavy atom. The molecule has 0 saturated carbocycles. The Kier molecular flexibility index (Phi) is 7.79. The van der Waals surface area contributed by atoms with Crippen molar-refractivity contribution in [3.63, 3.8) is 0 Å². The van der Waals surface area contributed by atoms with E-state index in [-0.39, 0.29) is 0 Å². The lowest BCUT2D eigenvalue weighted by molar-refractivity contribution is -0.202. The zero-order chi connectivity index (χ0) is 19.1. The van der Waals surface area contributed by atoms with Crippen LogP contribution in [0.5, 0.6) is 0 Å². The third kappa shape index (κ3) is 5.39. The van der Waals surface area contributed by atoms with E-state index in [9.17, 15) is 14.4 Å². The quantitative estimate of drug-likeness (QED) is 0.365. The molecule has 0 radical (unpaired) electrons. The van der Waals surface area contributed by atoms with Crippen molar-refractivity contribution in [3.8, 4) is 0 Å². The Morgan fingerprint density at radius 1 is 1.23 bits per heavy atom. The number of nitrogens with zero attached hydrogens (tertiary/aromatic N) is 1. The normalized spacial score (nSPS) is 17.9. The van der Waals surface area contributed by atoms with Crippen LogP contribution >= 0.6 is 22.6 Å². The third-order valence-electron chi connectivity index (χ3n) is 3.97. The third-order valence-corrected chi connectivity index (χ3v) is 4.69. The summed E-state index contributed by atoms with van der Waals surface area (Å²) in [7, 11) is 2.80. The van der Waals surface area contributed by atoms with Gasteiger partial charge in [0.1, 0.15) is 0 Å². The molecule has 1 aliphatic heterocycles. The molecule has 1 aromatic rings. The van der Waals surface area contributed by atoms with E-state index in [0.717, 1.165) is 21.3 Å². The van der Waals surface area contributed by atoms with Gasteiger partial charge in [-0.05, 0) is 59.7 Å². The van der Waals surface area contributed by atoms with Crippen LogP contribution in [0.15, 0.2) is 24.3 Å². The number of likely N-dealkylation sites (N-methyl/N-ethyl adjacent to an activating group) is 2. The number of halogens is 1. The van der Waals surface area contributed by atoms with Crippen LogP contribution < -0.4 is 10.8 Å². The molecule has 1 heterocycles. The summed E-state index contributed by atoms with van der Waals surface area (Å²) in [5, 5.41) is 2.40. The first-order valence-corrected chi connectivity index (χ1v) is 9.33. The standard InChI is InChI=1S/C17H22IN3O5/c1-19-15(22)14(16(23)20-26-13-5-3-4-10-25-13)21(2)17(24)11-6-8-12(18)9-7-11/h6-9,13-14H,3-5,10H2,1-2H3,(H,19,22)(H,20,23). The summed E-state index contributed by atoms with van der Waals surface area (Å²) in [4.78, 5) is 43.6. The number of carbonyl (C=O) groups is 3. The molecule has 2 N–H and O–H groups in total. The highest BCUT2D eigenvalue weighted by Crippen LogP contribution is 2.14. The molecule has 1 aromatic carbocycles. The molecule has 2 atom stereocenters. The Balaban J connectivity index is 2.06. The van der Waals surface area contributed by atoms with Crippen molar-refractivity contribution in [2.75, 3.05) is 20.7 Å². The summed E-state index contributed by atoms with van der Waals surface area (Å²) in [6, 6.07) is 5.48. The van der Waals surface area contributed by atoms with Crippen molar-refractivity contribution in [2.24, 2.45) is 0 Å². The first kappa shape index (κ1) is 20.6. The Labute approximate surface area is 165 Å². The van der Waals surface area contributed by atoms with Crippen LogP contribution in [-0.4, -0.2) is 55.7 Å². The fourth-order valence-corrected chi connectivity index (χ4v) is 2.86. The highest BCUT2D eigenvalue weighted by molar-refractivity contribution is 14.1. The molecule has 0 aromatic heterocycles. The summed E-state index contributed by atoms with van der Waals surface area (Å²) < 4.78 is 6.34. The Hall–Kier alpha value is -1.72. The second-order valence-corrected chi connectivity index (χ2v) is 7.07. The smallest absolute Gasteiger partial charge is 0.276 e. The minimum atomic E-state index is -1.37. The molecule has 3 amide bonds. The van der Waals surface area contributed by atoms with Gasteiger partial charge in [-0.3, -0.25) is 14.4 Å². The second-order valence-electron chi connectivity index (χ2n) is 5.82. The number of hydroxylamine groups is 1. The lowest BCUT2D eigenvalue weighted by Crippen LogP contribution is -2.55. The van der Waals surface area contributed by atoms with Crippen molar-refractivity contribution in [3.05, 3.63) is 33.4 Å². The van der Waals surface area contributed by atoms with Crippen molar-refractivity contribution in [1.82, 2.24) is 15.7 Å². The second kappa shape index (κ2) is 9.83. The Morgan fingerprint density at radius 2 is 1.92 bits per heavy atom. The number of nitrogens with one attached hydrogen (secondary N) is 2. The highest BCUT2D eigenvalue weighted by atomic mass is 127.